The Hall–Kier alpha value is -3.42. The molecule has 2 heterocycles. The van der Waals surface area contributed by atoms with Gasteiger partial charge in [0.05, 0.1) is 12.7 Å². The van der Waals surface area contributed by atoms with E-state index in [2.05, 4.69) is 60.6 Å². The normalized spacial score (nSPS) is 18.9. The highest BCUT2D eigenvalue weighted by atomic mass is 16.5. The van der Waals surface area contributed by atoms with Gasteiger partial charge in [-0.25, -0.2) is 4.98 Å². The van der Waals surface area contributed by atoms with Crippen LogP contribution in [0.2, 0.25) is 0 Å². The Bertz CT molecular complexity index is 1010. The number of anilines is 2. The van der Waals surface area contributed by atoms with Crippen molar-refractivity contribution in [3.8, 4) is 0 Å². The first kappa shape index (κ1) is 31.8. The molecule has 214 valence electrons. The van der Waals surface area contributed by atoms with Crippen molar-refractivity contribution < 1.29 is 19.1 Å². The fourth-order valence-electron chi connectivity index (χ4n) is 4.46. The van der Waals surface area contributed by atoms with E-state index in [4.69, 9.17) is 4.79 Å². The molecule has 0 bridgehead atoms. The van der Waals surface area contributed by atoms with Crippen molar-refractivity contribution in [3.05, 3.63) is 53.7 Å². The third-order valence-electron chi connectivity index (χ3n) is 7.18. The van der Waals surface area contributed by atoms with Crippen LogP contribution in [0.15, 0.2) is 42.6 Å². The summed E-state index contributed by atoms with van der Waals surface area (Å²) in [6, 6.07) is 11.6. The van der Waals surface area contributed by atoms with E-state index in [-0.39, 0.29) is 11.3 Å². The molecule has 2 fully saturated rings. The number of rotatable bonds is 5. The largest absolute Gasteiger partial charge is 0.471 e. The lowest BCUT2D eigenvalue weighted by Crippen LogP contribution is -2.46. The first-order valence-corrected chi connectivity index (χ1v) is 13.9. The van der Waals surface area contributed by atoms with Crippen LogP contribution in [-0.2, 0) is 19.7 Å². The summed E-state index contributed by atoms with van der Waals surface area (Å²) in [5, 5.41) is 2.95. The van der Waals surface area contributed by atoms with E-state index in [1.54, 1.807) is 17.2 Å². The molecule has 0 unspecified atom stereocenters. The average molecular weight is 539 g/mol. The van der Waals surface area contributed by atoms with E-state index in [0.29, 0.717) is 25.1 Å². The molecule has 1 saturated heterocycles. The third-order valence-corrected chi connectivity index (χ3v) is 7.18. The Balaban J connectivity index is 0.000000368. The van der Waals surface area contributed by atoms with Crippen LogP contribution in [0, 0.1) is 11.8 Å². The van der Waals surface area contributed by atoms with E-state index >= 15 is 0 Å². The molecule has 2 aliphatic rings. The second-order valence-corrected chi connectivity index (χ2v) is 11.5. The van der Waals surface area contributed by atoms with E-state index in [1.165, 1.54) is 38.4 Å². The summed E-state index contributed by atoms with van der Waals surface area (Å²) in [4.78, 5) is 40.6. The zero-order chi connectivity index (χ0) is 28.8. The molecule has 8 heteroatoms. The molecular weight excluding hydrogens is 492 g/mol. The Morgan fingerprint density at radius 1 is 0.974 bits per heavy atom. The molecule has 39 heavy (non-hydrogen) atoms. The molecule has 1 N–H and O–H groups in total. The summed E-state index contributed by atoms with van der Waals surface area (Å²) in [6.45, 7) is 14.4. The van der Waals surface area contributed by atoms with Crippen molar-refractivity contribution >= 4 is 30.3 Å². The maximum atomic E-state index is 12.5. The van der Waals surface area contributed by atoms with Crippen molar-refractivity contribution in [1.29, 1.82) is 0 Å². The molecule has 1 aromatic heterocycles. The highest BCUT2D eigenvalue weighted by molar-refractivity contribution is 6.04. The van der Waals surface area contributed by atoms with Crippen LogP contribution < -0.4 is 10.2 Å². The number of hydrogen-bond acceptors (Lipinski definition) is 6. The number of piperazine rings is 1. The Labute approximate surface area is 234 Å². The standard InChI is InChI=1S/C21H26N4O2.C8H16.C2H4O2/c1-21(2,3)17-5-4-6-18(13-17)23-20(27)16-7-8-19(22-14-16)25-11-9-24(15-26)10-12-25;1-7-3-5-8(2)6-4-7;1-4-2-3/h4-8,13-15H,9-12H2,1-3H3,(H,23,27);7-8H,3-6H2,1-2H3;2H,1H3. The van der Waals surface area contributed by atoms with Gasteiger partial charge in [0.25, 0.3) is 12.4 Å². The van der Waals surface area contributed by atoms with Gasteiger partial charge in [-0.2, -0.15) is 0 Å². The number of carbonyl (C=O) groups excluding carboxylic acids is 3. The molecule has 1 aromatic carbocycles. The molecule has 2 aromatic rings. The van der Waals surface area contributed by atoms with Crippen LogP contribution in [0.25, 0.3) is 0 Å². The van der Waals surface area contributed by atoms with Gasteiger partial charge in [0.1, 0.15) is 5.82 Å². The summed E-state index contributed by atoms with van der Waals surface area (Å²) < 4.78 is 3.86. The first-order valence-electron chi connectivity index (χ1n) is 13.9. The average Bonchev–Trinajstić information content (AvgIpc) is 2.95. The monoisotopic (exact) mass is 538 g/mol. The van der Waals surface area contributed by atoms with Crippen molar-refractivity contribution in [3.63, 3.8) is 0 Å². The number of benzene rings is 1. The van der Waals surface area contributed by atoms with Crippen molar-refractivity contribution in [2.24, 2.45) is 11.8 Å². The lowest BCUT2D eigenvalue weighted by molar-refractivity contribution is -0.126. The van der Waals surface area contributed by atoms with Gasteiger partial charge in [0.2, 0.25) is 6.41 Å². The molecule has 1 aliphatic carbocycles. The number of amides is 2. The molecule has 0 radical (unpaired) electrons. The zero-order valence-electron chi connectivity index (χ0n) is 24.5. The fourth-order valence-corrected chi connectivity index (χ4v) is 4.46. The minimum atomic E-state index is -0.175. The Kier molecular flexibility index (Phi) is 12.9. The first-order chi connectivity index (χ1) is 18.6. The second kappa shape index (κ2) is 15.9. The summed E-state index contributed by atoms with van der Waals surface area (Å²) in [5.41, 5.74) is 2.49. The maximum absolute atomic E-state index is 12.5. The maximum Gasteiger partial charge on any atom is 0.292 e. The van der Waals surface area contributed by atoms with Crippen LogP contribution in [-0.4, -0.2) is 62.0 Å². The number of hydrogen-bond donors (Lipinski definition) is 1. The van der Waals surface area contributed by atoms with Gasteiger partial charge >= 0.3 is 0 Å². The number of ether oxygens (including phenoxy) is 1. The smallest absolute Gasteiger partial charge is 0.292 e. The summed E-state index contributed by atoms with van der Waals surface area (Å²) in [5.74, 6) is 2.69. The molecule has 2 amide bonds. The summed E-state index contributed by atoms with van der Waals surface area (Å²) in [6.07, 6.45) is 8.38. The van der Waals surface area contributed by atoms with Gasteiger partial charge in [-0.05, 0) is 47.1 Å². The molecule has 0 spiro atoms. The predicted octanol–water partition coefficient (Wildman–Crippen LogP) is 5.53. The Morgan fingerprint density at radius 3 is 2.03 bits per heavy atom. The summed E-state index contributed by atoms with van der Waals surface area (Å²) in [7, 11) is 1.31. The van der Waals surface area contributed by atoms with Gasteiger partial charge in [0.15, 0.2) is 0 Å². The minimum absolute atomic E-state index is 0.0256. The number of nitrogens with zero attached hydrogens (tertiary/aromatic N) is 3. The lowest BCUT2D eigenvalue weighted by atomic mass is 9.84. The van der Waals surface area contributed by atoms with Crippen LogP contribution >= 0.6 is 0 Å². The number of methoxy groups -OCH3 is 1. The summed E-state index contributed by atoms with van der Waals surface area (Å²) >= 11 is 0. The highest BCUT2D eigenvalue weighted by Gasteiger charge is 2.18. The predicted molar refractivity (Wildman–Crippen MR) is 157 cm³/mol. The van der Waals surface area contributed by atoms with E-state index in [0.717, 1.165) is 42.8 Å². The van der Waals surface area contributed by atoms with Crippen LogP contribution in [0.5, 0.6) is 0 Å². The topological polar surface area (TPSA) is 91.8 Å². The zero-order valence-corrected chi connectivity index (χ0v) is 24.5. The molecule has 1 aliphatic heterocycles. The molecule has 4 rings (SSSR count). The van der Waals surface area contributed by atoms with E-state index in [1.807, 2.05) is 24.3 Å². The minimum Gasteiger partial charge on any atom is -0.471 e. The van der Waals surface area contributed by atoms with Crippen LogP contribution in [0.3, 0.4) is 0 Å². The van der Waals surface area contributed by atoms with Gasteiger partial charge in [-0.15, -0.1) is 0 Å². The van der Waals surface area contributed by atoms with E-state index < -0.39 is 0 Å². The van der Waals surface area contributed by atoms with E-state index in [9.17, 15) is 9.59 Å². The van der Waals surface area contributed by atoms with Gasteiger partial charge in [0, 0.05) is 38.1 Å². The molecule has 1 saturated carbocycles. The number of aromatic nitrogens is 1. The van der Waals surface area contributed by atoms with Gasteiger partial charge in [-0.1, -0.05) is 72.4 Å². The number of nitrogens with one attached hydrogen (secondary N) is 1. The van der Waals surface area contributed by atoms with Gasteiger partial charge < -0.3 is 19.9 Å². The van der Waals surface area contributed by atoms with Crippen molar-refractivity contribution in [1.82, 2.24) is 9.88 Å². The second-order valence-electron chi connectivity index (χ2n) is 11.5. The lowest BCUT2D eigenvalue weighted by Gasteiger charge is -2.33. The van der Waals surface area contributed by atoms with Crippen molar-refractivity contribution in [2.45, 2.75) is 65.7 Å². The van der Waals surface area contributed by atoms with Crippen molar-refractivity contribution in [2.75, 3.05) is 43.5 Å². The molecule has 0 atom stereocenters. The van der Waals surface area contributed by atoms with Crippen LogP contribution in [0.1, 0.15) is 76.2 Å². The SMILES string of the molecule is CC(C)(C)c1cccc(NC(=O)c2ccc(N3CCN(C=O)CC3)nc2)c1.CC1CCC(C)CC1.COC=O. The number of pyridine rings is 1. The molecule has 8 nitrogen and oxygen atoms in total. The Morgan fingerprint density at radius 2 is 1.56 bits per heavy atom. The van der Waals surface area contributed by atoms with Gasteiger partial charge in [-0.3, -0.25) is 14.4 Å². The molecular formula is C31H46N4O4. The fraction of sp³-hybridized carbons (Fsp3) is 0.548. The third kappa shape index (κ3) is 11.1. The number of carbonyl (C=O) groups is 3. The highest BCUT2D eigenvalue weighted by Crippen LogP contribution is 2.27. The quantitative estimate of drug-likeness (QED) is 0.503. The van der Waals surface area contributed by atoms with Crippen LogP contribution in [0.4, 0.5) is 11.5 Å².